The van der Waals surface area contributed by atoms with Gasteiger partial charge in [-0.25, -0.2) is 0 Å². The second-order valence-corrected chi connectivity index (χ2v) is 4.78. The fraction of sp³-hybridized carbons (Fsp3) is 0.417. The van der Waals surface area contributed by atoms with Crippen LogP contribution in [0.15, 0.2) is 18.5 Å². The third-order valence-electron chi connectivity index (χ3n) is 2.84. The second kappa shape index (κ2) is 5.23. The van der Waals surface area contributed by atoms with Crippen molar-refractivity contribution < 1.29 is 4.79 Å². The van der Waals surface area contributed by atoms with Gasteiger partial charge in [0.05, 0.1) is 6.20 Å². The highest BCUT2D eigenvalue weighted by molar-refractivity contribution is 5.94. The van der Waals surface area contributed by atoms with Crippen LogP contribution in [0.3, 0.4) is 0 Å². The topological polar surface area (TPSA) is 102 Å². The Hall–Kier alpha value is -2.15. The molecular weight excluding hydrogens is 244 g/mol. The lowest BCUT2D eigenvalue weighted by molar-refractivity contribution is -0.117. The smallest absolute Gasteiger partial charge is 0.247 e. The molecule has 0 saturated carbocycles. The maximum absolute atomic E-state index is 12.0. The first-order chi connectivity index (χ1) is 8.97. The molecule has 2 aromatic heterocycles. The van der Waals surface area contributed by atoms with E-state index in [-0.39, 0.29) is 5.91 Å². The quantitative estimate of drug-likeness (QED) is 0.762. The van der Waals surface area contributed by atoms with Gasteiger partial charge in [0.2, 0.25) is 5.91 Å². The number of nitrogens with one attached hydrogen (secondary N) is 2. The molecular formula is C12H18N6O. The summed E-state index contributed by atoms with van der Waals surface area (Å²) in [5.41, 5.74) is 7.49. The van der Waals surface area contributed by atoms with Gasteiger partial charge in [-0.15, -0.1) is 0 Å². The van der Waals surface area contributed by atoms with E-state index in [1.165, 1.54) is 0 Å². The molecule has 4 N–H and O–H groups in total. The molecule has 0 aliphatic carbocycles. The van der Waals surface area contributed by atoms with E-state index in [1.807, 2.05) is 13.8 Å². The van der Waals surface area contributed by atoms with Gasteiger partial charge in [-0.3, -0.25) is 14.6 Å². The van der Waals surface area contributed by atoms with Crippen LogP contribution >= 0.6 is 0 Å². The van der Waals surface area contributed by atoms with E-state index in [9.17, 15) is 4.79 Å². The number of nitrogens with two attached hydrogens (primary N) is 1. The number of amides is 1. The molecule has 1 unspecified atom stereocenters. The molecule has 7 heteroatoms. The summed E-state index contributed by atoms with van der Waals surface area (Å²) in [6.07, 6.45) is 3.29. The average molecular weight is 262 g/mol. The van der Waals surface area contributed by atoms with Crippen LogP contribution in [0.1, 0.15) is 37.1 Å². The predicted molar refractivity (Wildman–Crippen MR) is 71.4 cm³/mol. The number of carbonyl (C=O) groups excluding carboxylic acids is 1. The third kappa shape index (κ3) is 3.00. The summed E-state index contributed by atoms with van der Waals surface area (Å²) in [7, 11) is 1.77. The third-order valence-corrected chi connectivity index (χ3v) is 2.84. The first kappa shape index (κ1) is 13.3. The standard InChI is InChI=1S/C12H18N6O/c1-7(2)9-4-10(17-16-9)15-12(19)11(13)8-5-14-18(3)6-8/h4-7,11H,13H2,1-3H3,(H2,15,16,17,19). The maximum atomic E-state index is 12.0. The van der Waals surface area contributed by atoms with Gasteiger partial charge in [-0.2, -0.15) is 10.2 Å². The molecule has 0 saturated heterocycles. The summed E-state index contributed by atoms with van der Waals surface area (Å²) < 4.78 is 1.61. The molecule has 0 aliphatic rings. The maximum Gasteiger partial charge on any atom is 0.247 e. The summed E-state index contributed by atoms with van der Waals surface area (Å²) in [4.78, 5) is 12.0. The summed E-state index contributed by atoms with van der Waals surface area (Å²) in [5, 5.41) is 13.6. The number of aromatic amines is 1. The van der Waals surface area contributed by atoms with E-state index in [1.54, 1.807) is 30.2 Å². The van der Waals surface area contributed by atoms with Gasteiger partial charge in [-0.1, -0.05) is 13.8 Å². The normalized spacial score (nSPS) is 12.7. The van der Waals surface area contributed by atoms with Crippen molar-refractivity contribution in [3.8, 4) is 0 Å². The first-order valence-electron chi connectivity index (χ1n) is 6.07. The molecule has 0 fully saturated rings. The van der Waals surface area contributed by atoms with Crippen molar-refractivity contribution in [2.45, 2.75) is 25.8 Å². The molecule has 2 heterocycles. The van der Waals surface area contributed by atoms with Gasteiger partial charge in [0.1, 0.15) is 6.04 Å². The minimum Gasteiger partial charge on any atom is -0.316 e. The number of hydrogen-bond donors (Lipinski definition) is 3. The van der Waals surface area contributed by atoms with Crippen molar-refractivity contribution >= 4 is 11.7 Å². The first-order valence-corrected chi connectivity index (χ1v) is 6.07. The van der Waals surface area contributed by atoms with Crippen molar-refractivity contribution in [2.24, 2.45) is 12.8 Å². The highest BCUT2D eigenvalue weighted by Crippen LogP contribution is 2.16. The Kier molecular flexibility index (Phi) is 3.66. The van der Waals surface area contributed by atoms with Crippen LogP contribution in [-0.2, 0) is 11.8 Å². The van der Waals surface area contributed by atoms with Crippen LogP contribution in [0.5, 0.6) is 0 Å². The van der Waals surface area contributed by atoms with Gasteiger partial charge in [0.15, 0.2) is 5.82 Å². The van der Waals surface area contributed by atoms with Gasteiger partial charge in [0.25, 0.3) is 0 Å². The number of aromatic nitrogens is 4. The minimum absolute atomic E-state index is 0.310. The molecule has 0 aliphatic heterocycles. The molecule has 0 aromatic carbocycles. The number of carbonyl (C=O) groups is 1. The van der Waals surface area contributed by atoms with Crippen LogP contribution in [0.2, 0.25) is 0 Å². The number of aryl methyl sites for hydroxylation is 1. The lowest BCUT2D eigenvalue weighted by Crippen LogP contribution is -2.27. The van der Waals surface area contributed by atoms with Crippen molar-refractivity contribution in [2.75, 3.05) is 5.32 Å². The number of hydrogen-bond acceptors (Lipinski definition) is 4. The van der Waals surface area contributed by atoms with Crippen LogP contribution in [0.25, 0.3) is 0 Å². The molecule has 1 atom stereocenters. The van der Waals surface area contributed by atoms with E-state index >= 15 is 0 Å². The lowest BCUT2D eigenvalue weighted by atomic mass is 10.1. The molecule has 19 heavy (non-hydrogen) atoms. The van der Waals surface area contributed by atoms with E-state index in [0.717, 1.165) is 5.69 Å². The van der Waals surface area contributed by atoms with Gasteiger partial charge >= 0.3 is 0 Å². The van der Waals surface area contributed by atoms with Crippen molar-refractivity contribution in [1.29, 1.82) is 0 Å². The monoisotopic (exact) mass is 262 g/mol. The molecule has 0 spiro atoms. The number of rotatable bonds is 4. The summed E-state index contributed by atoms with van der Waals surface area (Å²) in [5.74, 6) is 0.494. The molecule has 7 nitrogen and oxygen atoms in total. The molecule has 0 radical (unpaired) electrons. The fourth-order valence-corrected chi connectivity index (χ4v) is 1.65. The zero-order chi connectivity index (χ0) is 14.0. The van der Waals surface area contributed by atoms with Crippen LogP contribution in [-0.4, -0.2) is 25.9 Å². The van der Waals surface area contributed by atoms with E-state index < -0.39 is 6.04 Å². The molecule has 1 amide bonds. The Bertz CT molecular complexity index is 570. The zero-order valence-corrected chi connectivity index (χ0v) is 11.2. The fourth-order valence-electron chi connectivity index (χ4n) is 1.65. The lowest BCUT2D eigenvalue weighted by Gasteiger charge is -2.08. The van der Waals surface area contributed by atoms with E-state index in [2.05, 4.69) is 20.6 Å². The van der Waals surface area contributed by atoms with Crippen molar-refractivity contribution in [1.82, 2.24) is 20.0 Å². The predicted octanol–water partition coefficient (Wildman–Crippen LogP) is 0.905. The molecule has 0 bridgehead atoms. The van der Waals surface area contributed by atoms with E-state index in [4.69, 9.17) is 5.73 Å². The van der Waals surface area contributed by atoms with Crippen LogP contribution < -0.4 is 11.1 Å². The average Bonchev–Trinajstić information content (AvgIpc) is 2.97. The number of anilines is 1. The Morgan fingerprint density at radius 2 is 2.26 bits per heavy atom. The van der Waals surface area contributed by atoms with Crippen molar-refractivity contribution in [3.05, 3.63) is 29.7 Å². The molecule has 102 valence electrons. The number of H-pyrrole nitrogens is 1. The summed E-state index contributed by atoms with van der Waals surface area (Å²) >= 11 is 0. The van der Waals surface area contributed by atoms with Crippen LogP contribution in [0, 0.1) is 0 Å². The summed E-state index contributed by atoms with van der Waals surface area (Å²) in [6.45, 7) is 4.08. The highest BCUT2D eigenvalue weighted by Gasteiger charge is 2.18. The Balaban J connectivity index is 2.04. The van der Waals surface area contributed by atoms with E-state index in [0.29, 0.717) is 17.3 Å². The molecule has 2 rings (SSSR count). The largest absolute Gasteiger partial charge is 0.316 e. The SMILES string of the molecule is CC(C)c1cc(NC(=O)C(N)c2cnn(C)c2)n[nH]1. The van der Waals surface area contributed by atoms with Gasteiger partial charge in [-0.05, 0) is 5.92 Å². The Morgan fingerprint density at radius 1 is 1.53 bits per heavy atom. The number of nitrogens with zero attached hydrogens (tertiary/aromatic N) is 3. The minimum atomic E-state index is -0.757. The van der Waals surface area contributed by atoms with Crippen molar-refractivity contribution in [3.63, 3.8) is 0 Å². The Labute approximate surface area is 111 Å². The highest BCUT2D eigenvalue weighted by atomic mass is 16.2. The van der Waals surface area contributed by atoms with Gasteiger partial charge in [0, 0.05) is 30.6 Å². The van der Waals surface area contributed by atoms with Crippen LogP contribution in [0.4, 0.5) is 5.82 Å². The summed E-state index contributed by atoms with van der Waals surface area (Å²) in [6, 6.07) is 1.05. The Morgan fingerprint density at radius 3 is 2.79 bits per heavy atom. The second-order valence-electron chi connectivity index (χ2n) is 4.78. The van der Waals surface area contributed by atoms with Gasteiger partial charge < -0.3 is 11.1 Å². The zero-order valence-electron chi connectivity index (χ0n) is 11.2. The molecule has 2 aromatic rings.